The Balaban J connectivity index is 3.22. The molecule has 138 valence electrons. The Kier molecular flexibility index (Phi) is 7.27. The van der Waals surface area contributed by atoms with Crippen LogP contribution in [-0.2, 0) is 14.4 Å². The molecule has 25 heavy (non-hydrogen) atoms. The maximum absolute atomic E-state index is 12.7. The fourth-order valence-electron chi connectivity index (χ4n) is 2.43. The molecule has 1 aliphatic heterocycles. The summed E-state index contributed by atoms with van der Waals surface area (Å²) in [4.78, 5) is 52.4. The van der Waals surface area contributed by atoms with Crippen LogP contribution < -0.4 is 0 Å². The topological polar surface area (TPSA) is 74.8 Å². The van der Waals surface area contributed by atoms with Crippen LogP contribution in [0.2, 0.25) is 0 Å². The number of allylic oxidation sites excluding steroid dienone is 2. The van der Waals surface area contributed by atoms with E-state index in [1.165, 1.54) is 0 Å². The normalized spacial score (nSPS) is 15.7. The molecule has 1 rings (SSSR count). The van der Waals surface area contributed by atoms with Gasteiger partial charge in [-0.2, -0.15) is 0 Å². The summed E-state index contributed by atoms with van der Waals surface area (Å²) in [5.74, 6) is -3.25. The average Bonchev–Trinajstić information content (AvgIpc) is 2.45. The molecule has 0 atom stereocenters. The SMILES string of the molecule is CC(C)=CCN1C(=O)C(C(=O)CC(C)C)C(=O)N(CC=C(C)C)C1=O. The van der Waals surface area contributed by atoms with Gasteiger partial charge in [0.2, 0.25) is 0 Å². The largest absolute Gasteiger partial charge is 0.334 e. The molecule has 0 saturated carbocycles. The van der Waals surface area contributed by atoms with Crippen LogP contribution >= 0.6 is 0 Å². The van der Waals surface area contributed by atoms with Gasteiger partial charge in [0.05, 0.1) is 0 Å². The fourth-order valence-corrected chi connectivity index (χ4v) is 2.43. The Morgan fingerprint density at radius 3 is 1.64 bits per heavy atom. The van der Waals surface area contributed by atoms with Crippen LogP contribution in [-0.4, -0.2) is 46.5 Å². The number of urea groups is 1. The van der Waals surface area contributed by atoms with Gasteiger partial charge >= 0.3 is 6.03 Å². The van der Waals surface area contributed by atoms with Crippen molar-refractivity contribution in [1.29, 1.82) is 0 Å². The third kappa shape index (κ3) is 5.37. The number of nitrogens with zero attached hydrogens (tertiary/aromatic N) is 2. The second kappa shape index (κ2) is 8.74. The lowest BCUT2D eigenvalue weighted by molar-refractivity contribution is -0.152. The maximum Gasteiger partial charge on any atom is 0.334 e. The molecule has 0 aliphatic carbocycles. The average molecular weight is 348 g/mol. The number of barbiturate groups is 1. The molecule has 0 unspecified atom stereocenters. The van der Waals surface area contributed by atoms with Gasteiger partial charge in [-0.25, -0.2) is 4.79 Å². The van der Waals surface area contributed by atoms with E-state index < -0.39 is 29.5 Å². The summed E-state index contributed by atoms with van der Waals surface area (Å²) >= 11 is 0. The fraction of sp³-hybridized carbons (Fsp3) is 0.579. The number of ketones is 1. The third-order valence-electron chi connectivity index (χ3n) is 3.78. The number of amides is 4. The van der Waals surface area contributed by atoms with Crippen molar-refractivity contribution in [3.63, 3.8) is 0 Å². The van der Waals surface area contributed by atoms with E-state index in [-0.39, 0.29) is 25.4 Å². The molecule has 0 N–H and O–H groups in total. The summed E-state index contributed by atoms with van der Waals surface area (Å²) in [6, 6.07) is -0.668. The van der Waals surface area contributed by atoms with Crippen molar-refractivity contribution >= 4 is 23.6 Å². The molecule has 0 aromatic heterocycles. The molecule has 1 fully saturated rings. The van der Waals surface area contributed by atoms with Gasteiger partial charge in [0.1, 0.15) is 0 Å². The molecule has 1 heterocycles. The van der Waals surface area contributed by atoms with Crippen LogP contribution in [0.3, 0.4) is 0 Å². The van der Waals surface area contributed by atoms with Gasteiger partial charge < -0.3 is 0 Å². The summed E-state index contributed by atoms with van der Waals surface area (Å²) < 4.78 is 0. The minimum atomic E-state index is -1.42. The van der Waals surface area contributed by atoms with Crippen LogP contribution in [0, 0.1) is 11.8 Å². The minimum absolute atomic E-state index is 0.0307. The van der Waals surface area contributed by atoms with Crippen molar-refractivity contribution < 1.29 is 19.2 Å². The van der Waals surface area contributed by atoms with Crippen molar-refractivity contribution in [3.05, 3.63) is 23.3 Å². The van der Waals surface area contributed by atoms with Crippen molar-refractivity contribution in [2.45, 2.75) is 48.0 Å². The Labute approximate surface area is 149 Å². The number of Topliss-reactive ketones (excluding diaryl/α,β-unsaturated/α-hetero) is 1. The predicted octanol–water partition coefficient (Wildman–Crippen LogP) is 2.94. The van der Waals surface area contributed by atoms with Gasteiger partial charge in [-0.3, -0.25) is 24.2 Å². The molecule has 6 nitrogen and oxygen atoms in total. The number of imide groups is 2. The van der Waals surface area contributed by atoms with Gasteiger partial charge in [0.15, 0.2) is 11.7 Å². The highest BCUT2D eigenvalue weighted by Crippen LogP contribution is 2.22. The first-order chi connectivity index (χ1) is 11.6. The van der Waals surface area contributed by atoms with E-state index in [0.717, 1.165) is 20.9 Å². The maximum atomic E-state index is 12.7. The van der Waals surface area contributed by atoms with E-state index in [1.807, 2.05) is 41.5 Å². The predicted molar refractivity (Wildman–Crippen MR) is 95.6 cm³/mol. The lowest BCUT2D eigenvalue weighted by Gasteiger charge is -2.35. The molecule has 0 spiro atoms. The van der Waals surface area contributed by atoms with Crippen molar-refractivity contribution in [1.82, 2.24) is 9.80 Å². The second-order valence-corrected chi connectivity index (χ2v) is 7.24. The molecule has 0 aromatic carbocycles. The van der Waals surface area contributed by atoms with Gasteiger partial charge in [0, 0.05) is 19.5 Å². The highest BCUT2D eigenvalue weighted by Gasteiger charge is 2.48. The Morgan fingerprint density at radius 2 is 1.32 bits per heavy atom. The molecular weight excluding hydrogens is 320 g/mol. The highest BCUT2D eigenvalue weighted by molar-refractivity contribution is 6.26. The molecule has 1 saturated heterocycles. The Bertz CT molecular complexity index is 581. The van der Waals surface area contributed by atoms with E-state index in [4.69, 9.17) is 0 Å². The summed E-state index contributed by atoms with van der Waals surface area (Å²) in [6.45, 7) is 11.2. The Hall–Kier alpha value is -2.24. The summed E-state index contributed by atoms with van der Waals surface area (Å²) in [7, 11) is 0. The van der Waals surface area contributed by atoms with Crippen molar-refractivity contribution in [3.8, 4) is 0 Å². The zero-order chi connectivity index (χ0) is 19.3. The van der Waals surface area contributed by atoms with Crippen LogP contribution in [0.5, 0.6) is 0 Å². The first-order valence-electron chi connectivity index (χ1n) is 8.52. The van der Waals surface area contributed by atoms with Crippen LogP contribution in [0.15, 0.2) is 23.3 Å². The summed E-state index contributed by atoms with van der Waals surface area (Å²) in [6.07, 6.45) is 3.59. The molecule has 0 aromatic rings. The highest BCUT2D eigenvalue weighted by atomic mass is 16.2. The smallest absolute Gasteiger partial charge is 0.298 e. The zero-order valence-corrected chi connectivity index (χ0v) is 16.0. The number of hydrogen-bond donors (Lipinski definition) is 0. The zero-order valence-electron chi connectivity index (χ0n) is 16.0. The first-order valence-corrected chi connectivity index (χ1v) is 8.52. The molecule has 0 radical (unpaired) electrons. The molecule has 0 bridgehead atoms. The van der Waals surface area contributed by atoms with E-state index in [0.29, 0.717) is 0 Å². The van der Waals surface area contributed by atoms with Crippen LogP contribution in [0.4, 0.5) is 4.79 Å². The second-order valence-electron chi connectivity index (χ2n) is 7.24. The van der Waals surface area contributed by atoms with Crippen LogP contribution in [0.1, 0.15) is 48.0 Å². The molecular formula is C19H28N2O4. The lowest BCUT2D eigenvalue weighted by Crippen LogP contribution is -2.61. The van der Waals surface area contributed by atoms with Gasteiger partial charge in [0.25, 0.3) is 11.8 Å². The molecule has 4 amide bonds. The number of carbonyl (C=O) groups is 4. The number of hydrogen-bond acceptors (Lipinski definition) is 4. The Morgan fingerprint density at radius 1 is 0.920 bits per heavy atom. The van der Waals surface area contributed by atoms with E-state index in [2.05, 4.69) is 0 Å². The van der Waals surface area contributed by atoms with E-state index >= 15 is 0 Å². The van der Waals surface area contributed by atoms with Gasteiger partial charge in [-0.15, -0.1) is 0 Å². The number of carbonyl (C=O) groups excluding carboxylic acids is 4. The first kappa shape index (κ1) is 20.8. The van der Waals surface area contributed by atoms with Gasteiger partial charge in [-0.1, -0.05) is 37.1 Å². The standard InChI is InChI=1S/C19H28N2O4/c1-12(2)7-9-20-17(23)16(15(22)11-14(5)6)18(24)21(19(20)25)10-8-13(3)4/h7-8,14,16H,9-11H2,1-6H3. The molecule has 6 heteroatoms. The lowest BCUT2D eigenvalue weighted by atomic mass is 9.92. The third-order valence-corrected chi connectivity index (χ3v) is 3.78. The summed E-state index contributed by atoms with van der Waals surface area (Å²) in [5.41, 5.74) is 1.89. The van der Waals surface area contributed by atoms with Crippen molar-refractivity contribution in [2.75, 3.05) is 13.1 Å². The quantitative estimate of drug-likeness (QED) is 0.524. The molecule has 1 aliphatic rings. The monoisotopic (exact) mass is 348 g/mol. The summed E-state index contributed by atoms with van der Waals surface area (Å²) in [5, 5.41) is 0. The van der Waals surface area contributed by atoms with Crippen molar-refractivity contribution in [2.24, 2.45) is 11.8 Å². The van der Waals surface area contributed by atoms with E-state index in [9.17, 15) is 19.2 Å². The minimum Gasteiger partial charge on any atom is -0.298 e. The van der Waals surface area contributed by atoms with Crippen LogP contribution in [0.25, 0.3) is 0 Å². The van der Waals surface area contributed by atoms with E-state index in [1.54, 1.807) is 12.2 Å². The van der Waals surface area contributed by atoms with Gasteiger partial charge in [-0.05, 0) is 33.6 Å². The number of rotatable bonds is 7.